The Bertz CT molecular complexity index is 2700. The number of carboxylic acids is 4. The molecule has 31 nitrogen and oxygen atoms in total. The smallest absolute Gasteiger partial charge is 0.326 e. The molecule has 0 aliphatic rings. The molecule has 0 bridgehead atoms. The minimum absolute atomic E-state index is 0.0332. The maximum absolute atomic E-state index is 14.1. The molecule has 1 heterocycles. The molecular formula is C54H83N13O18. The van der Waals surface area contributed by atoms with Gasteiger partial charge in [-0.25, -0.2) is 4.79 Å². The summed E-state index contributed by atoms with van der Waals surface area (Å²) in [6.45, 7) is 9.60. The average Bonchev–Trinajstić information content (AvgIpc) is 2.97. The number of carboxylic acid groups (broad SMARTS) is 4. The molecular weight excluding hydrogens is 1120 g/mol. The van der Waals surface area contributed by atoms with Crippen molar-refractivity contribution in [2.45, 2.75) is 173 Å². The van der Waals surface area contributed by atoms with Crippen molar-refractivity contribution in [1.82, 2.24) is 52.8 Å². The van der Waals surface area contributed by atoms with E-state index in [4.69, 9.17) is 17.2 Å². The van der Waals surface area contributed by atoms with E-state index in [0.717, 1.165) is 0 Å². The maximum atomic E-state index is 14.1. The van der Waals surface area contributed by atoms with Gasteiger partial charge in [-0.05, 0) is 80.9 Å². The van der Waals surface area contributed by atoms with Gasteiger partial charge < -0.3 is 90.5 Å². The number of rotatable bonds is 40. The van der Waals surface area contributed by atoms with Gasteiger partial charge in [-0.2, -0.15) is 0 Å². The summed E-state index contributed by atoms with van der Waals surface area (Å²) in [5, 5.41) is 60.3. The molecule has 2 rings (SSSR count). The Morgan fingerprint density at radius 2 is 0.953 bits per heavy atom. The Kier molecular flexibility index (Phi) is 30.7. The molecule has 0 aliphatic carbocycles. The van der Waals surface area contributed by atoms with Crippen molar-refractivity contribution in [3.8, 4) is 0 Å². The van der Waals surface area contributed by atoms with E-state index in [2.05, 4.69) is 52.8 Å². The van der Waals surface area contributed by atoms with Crippen LogP contribution < -0.4 is 65.1 Å². The molecule has 2 aromatic rings. The van der Waals surface area contributed by atoms with Crippen LogP contribution in [0.2, 0.25) is 0 Å². The highest BCUT2D eigenvalue weighted by Crippen LogP contribution is 2.20. The van der Waals surface area contributed by atoms with Gasteiger partial charge in [-0.1, -0.05) is 59.7 Å². The third-order valence-corrected chi connectivity index (χ3v) is 13.0. The SMILES string of the molecule is CC(C)C[C@H](NC(=O)[C@H](CC(=O)O)NC(=O)[C@H](CC(C)C)NC(=O)[C@@H](N)C(C)C)C(=O)N[C@@H](CCC(=O)O)C(=O)N[C@@H](CCC(=O)O)C(=O)N[C@@H](CC(N)=O)C(=O)N[C@@H](Cc1c[nH]c2ccccc12)C(=O)NCC(=O)N[C@@H](CCCCN)C(=O)O. The fourth-order valence-electron chi connectivity index (χ4n) is 8.49. The number of unbranched alkanes of at least 4 members (excludes halogenated alkanes) is 1. The maximum Gasteiger partial charge on any atom is 0.326 e. The third-order valence-electron chi connectivity index (χ3n) is 13.0. The lowest BCUT2D eigenvalue weighted by Crippen LogP contribution is -2.61. The minimum Gasteiger partial charge on any atom is -0.481 e. The van der Waals surface area contributed by atoms with Gasteiger partial charge in [0.15, 0.2) is 0 Å². The van der Waals surface area contributed by atoms with Gasteiger partial charge in [0.1, 0.15) is 48.3 Å². The number of primary amides is 1. The lowest BCUT2D eigenvalue weighted by molar-refractivity contribution is -0.142. The largest absolute Gasteiger partial charge is 0.481 e. The Labute approximate surface area is 490 Å². The van der Waals surface area contributed by atoms with E-state index in [1.807, 2.05) is 0 Å². The van der Waals surface area contributed by atoms with Crippen LogP contribution in [0, 0.1) is 17.8 Å². The molecule has 0 aliphatic heterocycles. The molecule has 1 aromatic carbocycles. The van der Waals surface area contributed by atoms with Crippen LogP contribution in [0.1, 0.15) is 118 Å². The van der Waals surface area contributed by atoms with E-state index in [1.165, 1.54) is 6.20 Å². The molecule has 0 saturated heterocycles. The summed E-state index contributed by atoms with van der Waals surface area (Å²) in [6.07, 6.45) is -3.04. The Morgan fingerprint density at radius 1 is 0.506 bits per heavy atom. The number of aromatic nitrogens is 1. The van der Waals surface area contributed by atoms with E-state index in [0.29, 0.717) is 29.3 Å². The standard InChI is InChI=1S/C54H83N13O18/c1-26(2)19-35(63-52(82)39(23-44(74)75)66-50(80)36(20-27(3)4)67-53(83)45(57)28(5)6)49(79)62-32(14-16-42(70)71)47(77)61-33(15-17-43(72)73)48(78)65-38(22-40(56)68)51(81)64-37(21-29-24-58-31-12-8-7-11-30(29)31)46(76)59-25-41(69)60-34(54(84)85)13-9-10-18-55/h7-8,11-12,24,26-28,32-39,45,58H,9-10,13-23,25,55,57H2,1-6H3,(H2,56,68)(H,59,76)(H,60,69)(H,61,77)(H,62,79)(H,63,82)(H,64,81)(H,65,78)(H,66,80)(H,67,83)(H,70,71)(H,72,73)(H,74,75)(H,84,85)/t32-,33-,34-,35-,36-,37-,38-,39-,45-/m0/s1. The zero-order valence-electron chi connectivity index (χ0n) is 48.5. The van der Waals surface area contributed by atoms with Crippen LogP contribution in [0.5, 0.6) is 0 Å². The third kappa shape index (κ3) is 26.6. The summed E-state index contributed by atoms with van der Waals surface area (Å²) in [4.78, 5) is 187. The monoisotopic (exact) mass is 1200 g/mol. The number of hydrogen-bond acceptors (Lipinski definition) is 16. The highest BCUT2D eigenvalue weighted by molar-refractivity contribution is 6.00. The first-order valence-electron chi connectivity index (χ1n) is 27.7. The van der Waals surface area contributed by atoms with Crippen LogP contribution >= 0.6 is 0 Å². The molecule has 0 saturated carbocycles. The normalized spacial score (nSPS) is 14.4. The molecule has 31 heteroatoms. The highest BCUT2D eigenvalue weighted by Gasteiger charge is 2.37. The van der Waals surface area contributed by atoms with Gasteiger partial charge in [-0.15, -0.1) is 0 Å². The lowest BCUT2D eigenvalue weighted by Gasteiger charge is -2.28. The molecule has 10 amide bonds. The fourth-order valence-corrected chi connectivity index (χ4v) is 8.49. The number of H-pyrrole nitrogens is 1. The average molecular weight is 1200 g/mol. The molecule has 0 spiro atoms. The zero-order chi connectivity index (χ0) is 64.2. The molecule has 1 aromatic heterocycles. The number of carbonyl (C=O) groups is 14. The second-order valence-corrected chi connectivity index (χ2v) is 21.6. The Morgan fingerprint density at radius 3 is 1.41 bits per heavy atom. The van der Waals surface area contributed by atoms with Gasteiger partial charge in [0.05, 0.1) is 25.4 Å². The fraction of sp³-hybridized carbons (Fsp3) is 0.593. The van der Waals surface area contributed by atoms with E-state index in [1.54, 1.807) is 65.8 Å². The van der Waals surface area contributed by atoms with Crippen LogP contribution in [0.15, 0.2) is 30.5 Å². The van der Waals surface area contributed by atoms with Crippen molar-refractivity contribution < 1.29 is 87.5 Å². The lowest BCUT2D eigenvalue weighted by atomic mass is 9.99. The summed E-state index contributed by atoms with van der Waals surface area (Å²) >= 11 is 0. The van der Waals surface area contributed by atoms with Crippen molar-refractivity contribution in [2.24, 2.45) is 35.0 Å². The van der Waals surface area contributed by atoms with Crippen molar-refractivity contribution >= 4 is 93.9 Å². The number of nitrogens with two attached hydrogens (primary N) is 3. The van der Waals surface area contributed by atoms with Gasteiger partial charge in [0.2, 0.25) is 59.1 Å². The van der Waals surface area contributed by atoms with Crippen LogP contribution in [-0.2, 0) is 73.5 Å². The predicted octanol–water partition coefficient (Wildman–Crippen LogP) is -2.93. The molecule has 0 fully saturated rings. The van der Waals surface area contributed by atoms with Crippen LogP contribution in [0.3, 0.4) is 0 Å². The van der Waals surface area contributed by atoms with Crippen molar-refractivity contribution in [1.29, 1.82) is 0 Å². The van der Waals surface area contributed by atoms with Crippen LogP contribution in [-0.4, -0.2) is 176 Å². The van der Waals surface area contributed by atoms with Crippen molar-refractivity contribution in [3.63, 3.8) is 0 Å². The second-order valence-electron chi connectivity index (χ2n) is 21.6. The number of para-hydroxylation sites is 1. The molecule has 20 N–H and O–H groups in total. The Balaban J connectivity index is 2.49. The quantitative estimate of drug-likeness (QED) is 0.0297. The summed E-state index contributed by atoms with van der Waals surface area (Å²) in [6, 6.07) is -7.59. The number of benzene rings is 1. The summed E-state index contributed by atoms with van der Waals surface area (Å²) in [5.74, 6) is -17.7. The summed E-state index contributed by atoms with van der Waals surface area (Å²) in [7, 11) is 0. The Hall–Kier alpha value is -8.74. The molecule has 0 radical (unpaired) electrons. The number of amides is 10. The van der Waals surface area contributed by atoms with Gasteiger partial charge >= 0.3 is 23.9 Å². The minimum atomic E-state index is -1.96. The number of fused-ring (bicyclic) bond motifs is 1. The first-order chi connectivity index (χ1) is 39.8. The highest BCUT2D eigenvalue weighted by atomic mass is 16.4. The number of aliphatic carboxylic acids is 4. The molecule has 85 heavy (non-hydrogen) atoms. The number of aromatic amines is 1. The van der Waals surface area contributed by atoms with Crippen LogP contribution in [0.4, 0.5) is 0 Å². The molecule has 0 unspecified atom stereocenters. The van der Waals surface area contributed by atoms with Gasteiger partial charge in [0, 0.05) is 36.4 Å². The van der Waals surface area contributed by atoms with Crippen LogP contribution in [0.25, 0.3) is 10.9 Å². The topological polar surface area (TPSA) is 522 Å². The van der Waals surface area contributed by atoms with Crippen molar-refractivity contribution in [3.05, 3.63) is 36.0 Å². The van der Waals surface area contributed by atoms with E-state index >= 15 is 0 Å². The van der Waals surface area contributed by atoms with E-state index < -0.39 is 188 Å². The number of carbonyl (C=O) groups excluding carboxylic acids is 10. The first-order valence-corrected chi connectivity index (χ1v) is 27.7. The van der Waals surface area contributed by atoms with Crippen molar-refractivity contribution in [2.75, 3.05) is 13.1 Å². The summed E-state index contributed by atoms with van der Waals surface area (Å²) in [5.41, 5.74) is 18.1. The van der Waals surface area contributed by atoms with E-state index in [-0.39, 0.29) is 44.1 Å². The first kappa shape index (κ1) is 72.4. The van der Waals surface area contributed by atoms with Gasteiger partial charge in [0.25, 0.3) is 0 Å². The number of hydrogen-bond donors (Lipinski definition) is 17. The second kappa shape index (κ2) is 36.1. The molecule has 472 valence electrons. The summed E-state index contributed by atoms with van der Waals surface area (Å²) < 4.78 is 0. The number of nitrogens with one attached hydrogen (secondary N) is 10. The van der Waals surface area contributed by atoms with E-state index in [9.17, 15) is 87.5 Å². The molecule has 9 atom stereocenters. The zero-order valence-corrected chi connectivity index (χ0v) is 48.5. The predicted molar refractivity (Wildman–Crippen MR) is 303 cm³/mol. The van der Waals surface area contributed by atoms with Gasteiger partial charge in [-0.3, -0.25) is 62.3 Å².